The number of hydrogen-bond donors (Lipinski definition) is 1. The van der Waals surface area contributed by atoms with Crippen molar-refractivity contribution in [1.29, 1.82) is 0 Å². The molecule has 1 aliphatic rings. The highest BCUT2D eigenvalue weighted by atomic mass is 32.2. The van der Waals surface area contributed by atoms with Crippen LogP contribution in [0.4, 0.5) is 8.78 Å². The Bertz CT molecular complexity index is 1240. The second kappa shape index (κ2) is 10.3. The van der Waals surface area contributed by atoms with Crippen LogP contribution in [0.3, 0.4) is 0 Å². The number of carbonyl (C=O) groups excluding carboxylic acids is 1. The number of nitrogens with one attached hydrogen (secondary N) is 1. The van der Waals surface area contributed by atoms with Gasteiger partial charge in [-0.15, -0.1) is 0 Å². The second-order valence-electron chi connectivity index (χ2n) is 7.89. The van der Waals surface area contributed by atoms with Crippen LogP contribution in [0.5, 0.6) is 11.6 Å². The largest absolute Gasteiger partial charge is 0.439 e. The number of carbonyl (C=O) groups is 1. The van der Waals surface area contributed by atoms with Crippen molar-refractivity contribution in [3.05, 3.63) is 84.1 Å². The van der Waals surface area contributed by atoms with Crippen LogP contribution in [0.1, 0.15) is 18.4 Å². The van der Waals surface area contributed by atoms with Crippen molar-refractivity contribution in [3.63, 3.8) is 0 Å². The molecule has 10 heteroatoms. The Balaban J connectivity index is 1.26. The average Bonchev–Trinajstić information content (AvgIpc) is 2.85. The number of rotatable bonds is 7. The van der Waals surface area contributed by atoms with Gasteiger partial charge in [0.15, 0.2) is 0 Å². The zero-order valence-electron chi connectivity index (χ0n) is 18.2. The molecule has 1 aromatic heterocycles. The fraction of sp³-hybridized carbons (Fsp3) is 0.250. The van der Waals surface area contributed by atoms with E-state index in [9.17, 15) is 22.0 Å². The highest BCUT2D eigenvalue weighted by Crippen LogP contribution is 2.25. The first-order chi connectivity index (χ1) is 16.3. The van der Waals surface area contributed by atoms with Gasteiger partial charge in [0.1, 0.15) is 22.3 Å². The van der Waals surface area contributed by atoms with E-state index >= 15 is 0 Å². The van der Waals surface area contributed by atoms with Crippen LogP contribution in [-0.4, -0.2) is 36.7 Å². The summed E-state index contributed by atoms with van der Waals surface area (Å²) in [5.41, 5.74) is 0.763. The van der Waals surface area contributed by atoms with E-state index in [1.54, 1.807) is 18.3 Å². The number of sulfonamides is 1. The lowest BCUT2D eigenvalue weighted by Gasteiger charge is -2.30. The first kappa shape index (κ1) is 23.8. The summed E-state index contributed by atoms with van der Waals surface area (Å²) in [5, 5.41) is 2.85. The number of hydrogen-bond acceptors (Lipinski definition) is 5. The Labute approximate surface area is 196 Å². The molecule has 1 N–H and O–H groups in total. The third-order valence-electron chi connectivity index (χ3n) is 5.58. The molecule has 0 unspecified atom stereocenters. The first-order valence-corrected chi connectivity index (χ1v) is 12.2. The summed E-state index contributed by atoms with van der Waals surface area (Å²) in [4.78, 5) is 16.4. The van der Waals surface area contributed by atoms with Crippen LogP contribution < -0.4 is 10.1 Å². The summed E-state index contributed by atoms with van der Waals surface area (Å²) in [6.45, 7) is 0.549. The number of pyridine rings is 1. The molecule has 0 spiro atoms. The lowest BCUT2D eigenvalue weighted by Crippen LogP contribution is -2.43. The monoisotopic (exact) mass is 487 g/mol. The number of aromatic nitrogens is 1. The van der Waals surface area contributed by atoms with Gasteiger partial charge in [-0.25, -0.2) is 22.2 Å². The maximum atomic E-state index is 14.0. The molecule has 0 bridgehead atoms. The van der Waals surface area contributed by atoms with Crippen molar-refractivity contribution in [2.45, 2.75) is 24.3 Å². The molecule has 0 aliphatic carbocycles. The van der Waals surface area contributed by atoms with E-state index in [4.69, 9.17) is 4.74 Å². The molecule has 1 fully saturated rings. The number of benzene rings is 2. The van der Waals surface area contributed by atoms with Gasteiger partial charge < -0.3 is 10.1 Å². The van der Waals surface area contributed by atoms with Crippen molar-refractivity contribution in [1.82, 2.24) is 14.6 Å². The highest BCUT2D eigenvalue weighted by Gasteiger charge is 2.33. The van der Waals surface area contributed by atoms with Crippen LogP contribution >= 0.6 is 0 Å². The minimum Gasteiger partial charge on any atom is -0.439 e. The lowest BCUT2D eigenvalue weighted by molar-refractivity contribution is -0.126. The standard InChI is InChI=1S/C24H23F2N3O4S/c25-19-6-8-20(9-7-19)33-23-10-5-17(15-27-23)16-28-24(30)18-11-13-29(14-12-18)34(31,32)22-4-2-1-3-21(22)26/h1-10,15,18H,11-14,16H2,(H,28,30). The van der Waals surface area contributed by atoms with E-state index in [0.717, 1.165) is 11.6 Å². The molecule has 0 radical (unpaired) electrons. The molecular weight excluding hydrogens is 464 g/mol. The fourth-order valence-corrected chi connectivity index (χ4v) is 5.22. The van der Waals surface area contributed by atoms with E-state index in [1.807, 2.05) is 0 Å². The molecule has 3 aromatic rings. The predicted octanol–water partition coefficient (Wildman–Crippen LogP) is 3.87. The maximum Gasteiger partial charge on any atom is 0.245 e. The number of halogens is 2. The Morgan fingerprint density at radius 2 is 1.74 bits per heavy atom. The van der Waals surface area contributed by atoms with E-state index < -0.39 is 15.8 Å². The minimum absolute atomic E-state index is 0.145. The van der Waals surface area contributed by atoms with Gasteiger partial charge in [0, 0.05) is 37.8 Å². The number of ether oxygens (including phenoxy) is 1. The summed E-state index contributed by atoms with van der Waals surface area (Å²) in [7, 11) is -3.94. The summed E-state index contributed by atoms with van der Waals surface area (Å²) < 4.78 is 59.1. The normalized spacial score (nSPS) is 15.1. The van der Waals surface area contributed by atoms with Crippen LogP contribution in [0.15, 0.2) is 71.8 Å². The van der Waals surface area contributed by atoms with Crippen molar-refractivity contribution < 1.29 is 26.7 Å². The molecule has 1 aliphatic heterocycles. The molecule has 2 aromatic carbocycles. The summed E-state index contributed by atoms with van der Waals surface area (Å²) in [6, 6.07) is 14.3. The average molecular weight is 488 g/mol. The van der Waals surface area contributed by atoms with Crippen LogP contribution in [0, 0.1) is 17.6 Å². The summed E-state index contributed by atoms with van der Waals surface area (Å²) in [6.07, 6.45) is 2.27. The van der Waals surface area contributed by atoms with Gasteiger partial charge in [0.25, 0.3) is 0 Å². The number of amides is 1. The van der Waals surface area contributed by atoms with Crippen molar-refractivity contribution in [2.24, 2.45) is 5.92 Å². The third kappa shape index (κ3) is 5.57. The van der Waals surface area contributed by atoms with Gasteiger partial charge in [-0.1, -0.05) is 18.2 Å². The summed E-state index contributed by atoms with van der Waals surface area (Å²) in [5.74, 6) is -0.854. The Morgan fingerprint density at radius 1 is 1.03 bits per heavy atom. The van der Waals surface area contributed by atoms with Crippen molar-refractivity contribution in [3.8, 4) is 11.6 Å². The molecule has 0 saturated carbocycles. The van der Waals surface area contributed by atoms with Gasteiger partial charge in [0.05, 0.1) is 0 Å². The predicted molar refractivity (Wildman–Crippen MR) is 120 cm³/mol. The van der Waals surface area contributed by atoms with E-state index in [2.05, 4.69) is 10.3 Å². The SMILES string of the molecule is O=C(NCc1ccc(Oc2ccc(F)cc2)nc1)C1CCN(S(=O)(=O)c2ccccc2F)CC1. The van der Waals surface area contributed by atoms with E-state index in [0.29, 0.717) is 24.5 Å². The number of piperidine rings is 1. The molecule has 1 saturated heterocycles. The molecule has 178 valence electrons. The Kier molecular flexibility index (Phi) is 7.18. The van der Waals surface area contributed by atoms with Gasteiger partial charge >= 0.3 is 0 Å². The zero-order chi connectivity index (χ0) is 24.1. The Hall–Kier alpha value is -3.37. The molecule has 4 rings (SSSR count). The first-order valence-electron chi connectivity index (χ1n) is 10.7. The Morgan fingerprint density at radius 3 is 2.38 bits per heavy atom. The van der Waals surface area contributed by atoms with E-state index in [1.165, 1.54) is 46.8 Å². The lowest BCUT2D eigenvalue weighted by atomic mass is 9.97. The van der Waals surface area contributed by atoms with Crippen LogP contribution in [0.25, 0.3) is 0 Å². The van der Waals surface area contributed by atoms with E-state index in [-0.39, 0.29) is 42.2 Å². The van der Waals surface area contributed by atoms with Gasteiger partial charge in [0.2, 0.25) is 21.8 Å². The molecule has 34 heavy (non-hydrogen) atoms. The number of nitrogens with zero attached hydrogens (tertiary/aromatic N) is 2. The summed E-state index contributed by atoms with van der Waals surface area (Å²) >= 11 is 0. The van der Waals surface area contributed by atoms with Crippen molar-refractivity contribution >= 4 is 15.9 Å². The topological polar surface area (TPSA) is 88.6 Å². The minimum atomic E-state index is -3.94. The van der Waals surface area contributed by atoms with Crippen LogP contribution in [-0.2, 0) is 21.4 Å². The second-order valence-corrected chi connectivity index (χ2v) is 9.79. The van der Waals surface area contributed by atoms with Crippen molar-refractivity contribution in [2.75, 3.05) is 13.1 Å². The fourth-order valence-electron chi connectivity index (χ4n) is 3.68. The zero-order valence-corrected chi connectivity index (χ0v) is 19.0. The smallest absolute Gasteiger partial charge is 0.245 e. The van der Waals surface area contributed by atoms with Crippen LogP contribution in [0.2, 0.25) is 0 Å². The quantitative estimate of drug-likeness (QED) is 0.547. The van der Waals surface area contributed by atoms with Gasteiger partial charge in [-0.2, -0.15) is 4.31 Å². The molecule has 0 atom stereocenters. The molecule has 2 heterocycles. The molecular formula is C24H23F2N3O4S. The van der Waals surface area contributed by atoms with Gasteiger partial charge in [-0.3, -0.25) is 4.79 Å². The third-order valence-corrected chi connectivity index (χ3v) is 7.51. The van der Waals surface area contributed by atoms with Gasteiger partial charge in [-0.05, 0) is 54.8 Å². The molecule has 1 amide bonds. The molecule has 7 nitrogen and oxygen atoms in total. The highest BCUT2D eigenvalue weighted by molar-refractivity contribution is 7.89. The maximum absolute atomic E-state index is 14.0.